The summed E-state index contributed by atoms with van der Waals surface area (Å²) in [5.41, 5.74) is 4.89. The smallest absolute Gasteiger partial charge is 0.262 e. The Morgan fingerprint density at radius 2 is 1.82 bits per heavy atom. The summed E-state index contributed by atoms with van der Waals surface area (Å²) in [6, 6.07) is 21.7. The van der Waals surface area contributed by atoms with Crippen LogP contribution in [0.4, 0.5) is 5.82 Å². The first-order valence-corrected chi connectivity index (χ1v) is 14.3. The summed E-state index contributed by atoms with van der Waals surface area (Å²) in [4.78, 5) is 17.6. The SMILES string of the molecule is Cc1ccc(-n2nc(C3CCN(S(=O)Cc4ccccc4)CC3)cc2NC(=O)c2cnn3cccnc23)cc1. The summed E-state index contributed by atoms with van der Waals surface area (Å²) in [7, 11) is -1.06. The second kappa shape index (κ2) is 10.9. The molecule has 1 aliphatic rings. The summed E-state index contributed by atoms with van der Waals surface area (Å²) in [5, 5.41) is 12.2. The molecule has 0 aliphatic carbocycles. The van der Waals surface area contributed by atoms with Crippen molar-refractivity contribution in [2.45, 2.75) is 31.4 Å². The van der Waals surface area contributed by atoms with Crippen molar-refractivity contribution in [2.75, 3.05) is 18.4 Å². The van der Waals surface area contributed by atoms with Gasteiger partial charge in [0.25, 0.3) is 5.91 Å². The molecule has 198 valence electrons. The Labute approximate surface area is 229 Å². The molecule has 0 radical (unpaired) electrons. The van der Waals surface area contributed by atoms with Crippen LogP contribution in [0.15, 0.2) is 85.3 Å². The molecule has 4 heterocycles. The third-order valence-electron chi connectivity index (χ3n) is 7.07. The Kier molecular flexibility index (Phi) is 7.04. The number of benzene rings is 2. The molecule has 2 aromatic carbocycles. The van der Waals surface area contributed by atoms with E-state index in [1.165, 1.54) is 6.20 Å². The van der Waals surface area contributed by atoms with Crippen LogP contribution in [0.5, 0.6) is 0 Å². The fraction of sp³-hybridized carbons (Fsp3) is 0.241. The van der Waals surface area contributed by atoms with E-state index in [0.29, 0.717) is 22.8 Å². The summed E-state index contributed by atoms with van der Waals surface area (Å²) in [6.07, 6.45) is 6.61. The van der Waals surface area contributed by atoms with Crippen molar-refractivity contribution in [2.24, 2.45) is 0 Å². The lowest BCUT2D eigenvalue weighted by atomic mass is 9.95. The monoisotopic (exact) mass is 539 g/mol. The van der Waals surface area contributed by atoms with Crippen LogP contribution in [-0.2, 0) is 16.7 Å². The molecule has 5 aromatic rings. The molecule has 1 fully saturated rings. The Bertz CT molecular complexity index is 1620. The maximum atomic E-state index is 13.3. The molecule has 9 nitrogen and oxygen atoms in total. The molecule has 1 atom stereocenters. The molecule has 0 bridgehead atoms. The number of aryl methyl sites for hydroxylation is 1. The number of rotatable bonds is 7. The molecule has 39 heavy (non-hydrogen) atoms. The second-order valence-electron chi connectivity index (χ2n) is 9.76. The standard InChI is InChI=1S/C29H29N7O2S/c1-21-8-10-24(11-9-21)36-27(32-29(37)25-19-31-35-15-5-14-30-28(25)35)18-26(33-36)23-12-16-34(17-13-23)39(38)20-22-6-3-2-4-7-22/h2-11,14-15,18-19,23H,12-13,16-17,20H2,1H3,(H,32,37). The van der Waals surface area contributed by atoms with Gasteiger partial charge in [0.15, 0.2) is 5.65 Å². The van der Waals surface area contributed by atoms with Crippen LogP contribution in [0.3, 0.4) is 0 Å². The zero-order valence-electron chi connectivity index (χ0n) is 21.6. The van der Waals surface area contributed by atoms with E-state index in [1.807, 2.05) is 67.6 Å². The number of fused-ring (bicyclic) bond motifs is 1. The first kappa shape index (κ1) is 25.1. The van der Waals surface area contributed by atoms with Gasteiger partial charge in [0, 0.05) is 37.5 Å². The minimum absolute atomic E-state index is 0.205. The number of hydrogen-bond donors (Lipinski definition) is 1. The summed E-state index contributed by atoms with van der Waals surface area (Å²) >= 11 is 0. The molecule has 1 amide bonds. The zero-order valence-corrected chi connectivity index (χ0v) is 22.4. The molecule has 1 unspecified atom stereocenters. The quantitative estimate of drug-likeness (QED) is 0.328. The van der Waals surface area contributed by atoms with Gasteiger partial charge in [-0.15, -0.1) is 0 Å². The van der Waals surface area contributed by atoms with Crippen LogP contribution in [0, 0.1) is 6.92 Å². The van der Waals surface area contributed by atoms with Gasteiger partial charge in [-0.05, 0) is 43.5 Å². The van der Waals surface area contributed by atoms with Gasteiger partial charge < -0.3 is 5.32 Å². The number of aromatic nitrogens is 5. The fourth-order valence-electron chi connectivity index (χ4n) is 4.91. The van der Waals surface area contributed by atoms with E-state index in [1.54, 1.807) is 27.7 Å². The first-order valence-electron chi connectivity index (χ1n) is 13.0. The van der Waals surface area contributed by atoms with Crippen molar-refractivity contribution in [1.29, 1.82) is 0 Å². The summed E-state index contributed by atoms with van der Waals surface area (Å²) in [6.45, 7) is 3.50. The summed E-state index contributed by atoms with van der Waals surface area (Å²) < 4.78 is 18.4. The number of anilines is 1. The van der Waals surface area contributed by atoms with E-state index >= 15 is 0 Å². The Morgan fingerprint density at radius 3 is 2.59 bits per heavy atom. The molecule has 1 saturated heterocycles. The highest BCUT2D eigenvalue weighted by atomic mass is 32.2. The summed E-state index contributed by atoms with van der Waals surface area (Å²) in [5.74, 6) is 1.03. The lowest BCUT2D eigenvalue weighted by Crippen LogP contribution is -2.35. The number of piperidine rings is 1. The van der Waals surface area contributed by atoms with E-state index in [9.17, 15) is 9.00 Å². The number of carbonyl (C=O) groups is 1. The highest BCUT2D eigenvalue weighted by Crippen LogP contribution is 2.31. The van der Waals surface area contributed by atoms with Gasteiger partial charge in [-0.2, -0.15) is 10.2 Å². The van der Waals surface area contributed by atoms with E-state index in [-0.39, 0.29) is 11.8 Å². The van der Waals surface area contributed by atoms with Gasteiger partial charge in [-0.3, -0.25) is 4.79 Å². The number of hydrogen-bond acceptors (Lipinski definition) is 5. The van der Waals surface area contributed by atoms with Crippen LogP contribution in [0.2, 0.25) is 0 Å². The second-order valence-corrected chi connectivity index (χ2v) is 11.2. The van der Waals surface area contributed by atoms with Crippen molar-refractivity contribution in [3.63, 3.8) is 0 Å². The topological polar surface area (TPSA) is 97.4 Å². The molecule has 0 spiro atoms. The van der Waals surface area contributed by atoms with Crippen LogP contribution >= 0.6 is 0 Å². The van der Waals surface area contributed by atoms with Crippen molar-refractivity contribution in [1.82, 2.24) is 28.7 Å². The predicted octanol–water partition coefficient (Wildman–Crippen LogP) is 4.52. The van der Waals surface area contributed by atoms with Crippen LogP contribution in [0.25, 0.3) is 11.3 Å². The lowest BCUT2D eigenvalue weighted by Gasteiger charge is -2.30. The van der Waals surface area contributed by atoms with E-state index in [4.69, 9.17) is 5.10 Å². The Balaban J connectivity index is 1.22. The highest BCUT2D eigenvalue weighted by molar-refractivity contribution is 7.81. The van der Waals surface area contributed by atoms with Crippen molar-refractivity contribution in [3.8, 4) is 5.69 Å². The lowest BCUT2D eigenvalue weighted by molar-refractivity contribution is 0.102. The first-order chi connectivity index (χ1) is 19.0. The Morgan fingerprint density at radius 1 is 1.05 bits per heavy atom. The maximum Gasteiger partial charge on any atom is 0.262 e. The van der Waals surface area contributed by atoms with Gasteiger partial charge in [-0.1, -0.05) is 48.0 Å². The van der Waals surface area contributed by atoms with Crippen LogP contribution in [-0.4, -0.2) is 51.9 Å². The van der Waals surface area contributed by atoms with Crippen molar-refractivity contribution >= 4 is 28.4 Å². The number of nitrogens with one attached hydrogen (secondary N) is 1. The van der Waals surface area contributed by atoms with Gasteiger partial charge in [-0.25, -0.2) is 22.7 Å². The normalized spacial score (nSPS) is 15.4. The van der Waals surface area contributed by atoms with Gasteiger partial charge in [0.1, 0.15) is 11.4 Å². The molecule has 0 saturated carbocycles. The molecule has 10 heteroatoms. The van der Waals surface area contributed by atoms with Gasteiger partial charge in [0.05, 0.1) is 34.3 Å². The zero-order chi connectivity index (χ0) is 26.8. The molecule has 3 aromatic heterocycles. The molecular weight excluding hydrogens is 510 g/mol. The molecule has 1 N–H and O–H groups in total. The van der Waals surface area contributed by atoms with Gasteiger partial charge >= 0.3 is 0 Å². The van der Waals surface area contributed by atoms with Crippen molar-refractivity contribution in [3.05, 3.63) is 108 Å². The Hall–Kier alpha value is -4.15. The predicted molar refractivity (Wildman–Crippen MR) is 151 cm³/mol. The fourth-order valence-corrected chi connectivity index (χ4v) is 6.18. The van der Waals surface area contributed by atoms with E-state index < -0.39 is 11.0 Å². The van der Waals surface area contributed by atoms with Crippen LogP contribution in [0.1, 0.15) is 45.9 Å². The molecular formula is C29H29N7O2S. The third-order valence-corrected chi connectivity index (χ3v) is 8.59. The largest absolute Gasteiger partial charge is 0.306 e. The average molecular weight is 540 g/mol. The van der Waals surface area contributed by atoms with Gasteiger partial charge in [0.2, 0.25) is 0 Å². The maximum absolute atomic E-state index is 13.3. The number of amides is 1. The van der Waals surface area contributed by atoms with E-state index in [0.717, 1.165) is 48.4 Å². The highest BCUT2D eigenvalue weighted by Gasteiger charge is 2.27. The average Bonchev–Trinajstić information content (AvgIpc) is 3.59. The minimum atomic E-state index is -1.06. The number of nitrogens with zero attached hydrogens (tertiary/aromatic N) is 6. The van der Waals surface area contributed by atoms with Crippen molar-refractivity contribution < 1.29 is 9.00 Å². The van der Waals surface area contributed by atoms with E-state index in [2.05, 4.69) is 19.7 Å². The minimum Gasteiger partial charge on any atom is -0.306 e. The van der Waals surface area contributed by atoms with Crippen LogP contribution < -0.4 is 5.32 Å². The third kappa shape index (κ3) is 5.39. The molecule has 6 rings (SSSR count). The molecule has 1 aliphatic heterocycles. The number of carbonyl (C=O) groups excluding carboxylic acids is 1.